The molecular weight excluding hydrogens is 264 g/mol. The van der Waals surface area contributed by atoms with Crippen molar-refractivity contribution in [3.63, 3.8) is 0 Å². The maximum absolute atomic E-state index is 11.7. The van der Waals surface area contributed by atoms with Crippen molar-refractivity contribution in [2.24, 2.45) is 5.10 Å². The van der Waals surface area contributed by atoms with E-state index in [4.69, 9.17) is 0 Å². The van der Waals surface area contributed by atoms with Gasteiger partial charge in [-0.2, -0.15) is 5.10 Å². The average Bonchev–Trinajstić information content (AvgIpc) is 2.98. The molecule has 2 heterocycles. The molecule has 1 amide bonds. The van der Waals surface area contributed by atoms with E-state index in [0.717, 1.165) is 16.2 Å². The van der Waals surface area contributed by atoms with E-state index in [2.05, 4.69) is 23.5 Å². The fraction of sp³-hybridized carbons (Fsp3) is 0.231. The first-order chi connectivity index (χ1) is 8.69. The molecule has 0 aliphatic rings. The number of hydrazone groups is 1. The van der Waals surface area contributed by atoms with Gasteiger partial charge in [0.1, 0.15) is 0 Å². The van der Waals surface area contributed by atoms with Gasteiger partial charge in [-0.05, 0) is 31.5 Å². The van der Waals surface area contributed by atoms with Crippen LogP contribution in [0.4, 0.5) is 0 Å². The minimum Gasteiger partial charge on any atom is -0.267 e. The summed E-state index contributed by atoms with van der Waals surface area (Å²) in [7, 11) is 0. The van der Waals surface area contributed by atoms with Gasteiger partial charge in [-0.3, -0.25) is 4.79 Å². The van der Waals surface area contributed by atoms with Crippen molar-refractivity contribution in [3.8, 4) is 0 Å². The molecule has 1 N–H and O–H groups in total. The van der Waals surface area contributed by atoms with E-state index in [1.165, 1.54) is 4.88 Å². The normalized spacial score (nSPS) is 11.0. The second-order valence-corrected chi connectivity index (χ2v) is 6.12. The molecule has 0 aliphatic carbocycles. The number of aryl methyl sites for hydroxylation is 2. The van der Waals surface area contributed by atoms with Crippen molar-refractivity contribution >= 4 is 34.8 Å². The lowest BCUT2D eigenvalue weighted by Gasteiger charge is -1.94. The zero-order valence-electron chi connectivity index (χ0n) is 10.3. The Bertz CT molecular complexity index is 569. The molecule has 0 unspecified atom stereocenters. The Morgan fingerprint density at radius 3 is 2.94 bits per heavy atom. The van der Waals surface area contributed by atoms with Gasteiger partial charge in [-0.25, -0.2) is 5.43 Å². The number of amides is 1. The summed E-state index contributed by atoms with van der Waals surface area (Å²) < 4.78 is 0. The summed E-state index contributed by atoms with van der Waals surface area (Å²) in [5.41, 5.74) is 3.19. The lowest BCUT2D eigenvalue weighted by molar-refractivity contribution is 0.0955. The molecule has 2 aromatic heterocycles. The van der Waals surface area contributed by atoms with E-state index >= 15 is 0 Å². The molecule has 3 nitrogen and oxygen atoms in total. The van der Waals surface area contributed by atoms with Crippen LogP contribution in [0.1, 0.15) is 31.9 Å². The highest BCUT2D eigenvalue weighted by atomic mass is 32.1. The number of nitrogens with one attached hydrogen (secondary N) is 1. The lowest BCUT2D eigenvalue weighted by Crippen LogP contribution is -2.16. The van der Waals surface area contributed by atoms with E-state index in [-0.39, 0.29) is 5.91 Å². The van der Waals surface area contributed by atoms with Crippen LogP contribution in [-0.4, -0.2) is 12.1 Å². The number of hydrogen-bond donors (Lipinski definition) is 1. The molecule has 0 bridgehead atoms. The van der Waals surface area contributed by atoms with Gasteiger partial charge in [0.25, 0.3) is 5.91 Å². The first kappa shape index (κ1) is 13.0. The third-order valence-electron chi connectivity index (χ3n) is 2.38. The quantitative estimate of drug-likeness (QED) is 0.675. The van der Waals surface area contributed by atoms with Crippen LogP contribution in [0, 0.1) is 6.92 Å². The van der Waals surface area contributed by atoms with E-state index in [9.17, 15) is 4.79 Å². The number of thiophene rings is 2. The van der Waals surface area contributed by atoms with Gasteiger partial charge in [0.05, 0.1) is 11.8 Å². The highest BCUT2D eigenvalue weighted by Gasteiger charge is 2.05. The Labute approximate surface area is 114 Å². The summed E-state index contributed by atoms with van der Waals surface area (Å²) in [5.74, 6) is -0.164. The maximum Gasteiger partial charge on any atom is 0.272 e. The van der Waals surface area contributed by atoms with Crippen LogP contribution in [0.2, 0.25) is 0 Å². The van der Waals surface area contributed by atoms with Crippen LogP contribution in [0.3, 0.4) is 0 Å². The average molecular weight is 278 g/mol. The topological polar surface area (TPSA) is 41.5 Å². The molecule has 0 aliphatic heterocycles. The van der Waals surface area contributed by atoms with Gasteiger partial charge < -0.3 is 0 Å². The number of carbonyl (C=O) groups excluding carboxylic acids is 1. The molecule has 2 rings (SSSR count). The molecule has 0 saturated heterocycles. The third kappa shape index (κ3) is 3.27. The first-order valence-corrected chi connectivity index (χ1v) is 7.36. The van der Waals surface area contributed by atoms with Crippen molar-refractivity contribution in [3.05, 3.63) is 43.8 Å². The van der Waals surface area contributed by atoms with E-state index in [1.807, 2.05) is 24.4 Å². The summed E-state index contributed by atoms with van der Waals surface area (Å²) >= 11 is 3.24. The molecule has 5 heteroatoms. The monoisotopic (exact) mass is 278 g/mol. The molecule has 0 aromatic carbocycles. The van der Waals surface area contributed by atoms with Gasteiger partial charge in [0, 0.05) is 20.0 Å². The number of rotatable bonds is 4. The fourth-order valence-corrected chi connectivity index (χ4v) is 2.94. The van der Waals surface area contributed by atoms with E-state index in [0.29, 0.717) is 5.56 Å². The molecule has 0 fully saturated rings. The first-order valence-electron chi connectivity index (χ1n) is 5.66. The third-order valence-corrected chi connectivity index (χ3v) is 4.41. The number of carbonyl (C=O) groups is 1. The van der Waals surface area contributed by atoms with Crippen LogP contribution in [0.5, 0.6) is 0 Å². The Morgan fingerprint density at radius 1 is 1.50 bits per heavy atom. The zero-order valence-corrected chi connectivity index (χ0v) is 11.9. The Balaban J connectivity index is 1.93. The lowest BCUT2D eigenvalue weighted by atomic mass is 10.3. The van der Waals surface area contributed by atoms with Crippen molar-refractivity contribution in [1.29, 1.82) is 0 Å². The van der Waals surface area contributed by atoms with Crippen molar-refractivity contribution in [2.75, 3.05) is 0 Å². The van der Waals surface area contributed by atoms with E-state index in [1.54, 1.807) is 28.9 Å². The molecule has 2 aromatic rings. The standard InChI is InChI=1S/C13H14N2OS2/c1-3-11-4-5-12(18-11)7-14-15-13(16)10-6-9(2)17-8-10/h4-8H,3H2,1-2H3,(H,15,16)/b14-7+. The molecule has 94 valence electrons. The van der Waals surface area contributed by atoms with Crippen LogP contribution < -0.4 is 5.43 Å². The van der Waals surface area contributed by atoms with Gasteiger partial charge >= 0.3 is 0 Å². The summed E-state index contributed by atoms with van der Waals surface area (Å²) in [6.45, 7) is 4.09. The van der Waals surface area contributed by atoms with Crippen LogP contribution in [0.15, 0.2) is 28.7 Å². The number of nitrogens with zero attached hydrogens (tertiary/aromatic N) is 1. The van der Waals surface area contributed by atoms with Crippen LogP contribution in [0.25, 0.3) is 0 Å². The molecule has 0 saturated carbocycles. The second kappa shape index (κ2) is 5.93. The van der Waals surface area contributed by atoms with Gasteiger partial charge in [0.2, 0.25) is 0 Å². The number of hydrogen-bond acceptors (Lipinski definition) is 4. The Hall–Kier alpha value is -1.46. The van der Waals surface area contributed by atoms with Crippen molar-refractivity contribution < 1.29 is 4.79 Å². The van der Waals surface area contributed by atoms with Crippen LogP contribution in [-0.2, 0) is 6.42 Å². The van der Waals surface area contributed by atoms with Gasteiger partial charge in [-0.1, -0.05) is 6.92 Å². The highest BCUT2D eigenvalue weighted by molar-refractivity contribution is 7.13. The highest BCUT2D eigenvalue weighted by Crippen LogP contribution is 2.15. The Kier molecular flexibility index (Phi) is 4.28. The smallest absolute Gasteiger partial charge is 0.267 e. The summed E-state index contributed by atoms with van der Waals surface area (Å²) in [6, 6.07) is 5.94. The molecule has 18 heavy (non-hydrogen) atoms. The molecule has 0 spiro atoms. The summed E-state index contributed by atoms with van der Waals surface area (Å²) in [4.78, 5) is 15.2. The summed E-state index contributed by atoms with van der Waals surface area (Å²) in [5, 5.41) is 5.80. The van der Waals surface area contributed by atoms with Gasteiger partial charge in [0.15, 0.2) is 0 Å². The minimum absolute atomic E-state index is 0.164. The largest absolute Gasteiger partial charge is 0.272 e. The maximum atomic E-state index is 11.7. The predicted molar refractivity (Wildman–Crippen MR) is 77.8 cm³/mol. The minimum atomic E-state index is -0.164. The Morgan fingerprint density at radius 2 is 2.33 bits per heavy atom. The van der Waals surface area contributed by atoms with Crippen LogP contribution >= 0.6 is 22.7 Å². The zero-order chi connectivity index (χ0) is 13.0. The molecule has 0 radical (unpaired) electrons. The molecule has 0 atom stereocenters. The summed E-state index contributed by atoms with van der Waals surface area (Å²) in [6.07, 6.45) is 2.71. The van der Waals surface area contributed by atoms with Gasteiger partial charge in [-0.15, -0.1) is 22.7 Å². The fourth-order valence-electron chi connectivity index (χ4n) is 1.44. The molecular formula is C13H14N2OS2. The van der Waals surface area contributed by atoms with E-state index < -0.39 is 0 Å². The van der Waals surface area contributed by atoms with Crippen molar-refractivity contribution in [2.45, 2.75) is 20.3 Å². The second-order valence-electron chi connectivity index (χ2n) is 3.80. The SMILES string of the molecule is CCc1ccc(/C=N/NC(=O)c2csc(C)c2)s1. The van der Waals surface area contributed by atoms with Crippen molar-refractivity contribution in [1.82, 2.24) is 5.43 Å². The predicted octanol–water partition coefficient (Wildman–Crippen LogP) is 3.44.